The van der Waals surface area contributed by atoms with E-state index < -0.39 is 9.05 Å². The first-order valence-corrected chi connectivity index (χ1v) is 8.93. The molecule has 0 saturated carbocycles. The lowest BCUT2D eigenvalue weighted by molar-refractivity contribution is 0.482. The maximum Gasteiger partial charge on any atom is 0.261 e. The van der Waals surface area contributed by atoms with Crippen LogP contribution in [0.15, 0.2) is 45.8 Å². The zero-order valence-corrected chi connectivity index (χ0v) is 14.1. The minimum Gasteiger partial charge on any atom is -0.456 e. The summed E-state index contributed by atoms with van der Waals surface area (Å²) < 4.78 is 29.1. The molecule has 0 aromatic heterocycles. The van der Waals surface area contributed by atoms with Gasteiger partial charge in [-0.3, -0.25) is 0 Å². The van der Waals surface area contributed by atoms with Crippen molar-refractivity contribution in [3.8, 4) is 11.5 Å². The van der Waals surface area contributed by atoms with Crippen molar-refractivity contribution in [1.29, 1.82) is 0 Å². The Balaban J connectivity index is 2.34. The van der Waals surface area contributed by atoms with Crippen molar-refractivity contribution in [3.63, 3.8) is 0 Å². The van der Waals surface area contributed by atoms with Crippen LogP contribution in [0.1, 0.15) is 5.56 Å². The highest BCUT2D eigenvalue weighted by atomic mass is 79.9. The van der Waals surface area contributed by atoms with Gasteiger partial charge in [0.05, 0.1) is 9.92 Å². The average molecular weight is 396 g/mol. The van der Waals surface area contributed by atoms with E-state index in [4.69, 9.17) is 27.0 Å². The van der Waals surface area contributed by atoms with E-state index in [-0.39, 0.29) is 4.90 Å². The molecule has 0 unspecified atom stereocenters. The first kappa shape index (κ1) is 15.6. The van der Waals surface area contributed by atoms with E-state index in [2.05, 4.69) is 15.9 Å². The molecule has 2 rings (SSSR count). The molecular weight excluding hydrogens is 387 g/mol. The molecule has 2 aromatic rings. The molecule has 0 saturated heterocycles. The van der Waals surface area contributed by atoms with Crippen molar-refractivity contribution in [1.82, 2.24) is 0 Å². The second-order valence-electron chi connectivity index (χ2n) is 4.04. The van der Waals surface area contributed by atoms with Crippen molar-refractivity contribution in [3.05, 3.63) is 51.5 Å². The summed E-state index contributed by atoms with van der Waals surface area (Å²) >= 11 is 9.35. The number of benzene rings is 2. The molecule has 7 heteroatoms. The molecule has 3 nitrogen and oxygen atoms in total. The Morgan fingerprint density at radius 3 is 2.40 bits per heavy atom. The molecule has 0 aliphatic heterocycles. The van der Waals surface area contributed by atoms with Gasteiger partial charge in [-0.15, -0.1) is 0 Å². The van der Waals surface area contributed by atoms with Crippen molar-refractivity contribution in [2.24, 2.45) is 0 Å². The van der Waals surface area contributed by atoms with Crippen molar-refractivity contribution >= 4 is 47.3 Å². The van der Waals surface area contributed by atoms with Gasteiger partial charge >= 0.3 is 0 Å². The van der Waals surface area contributed by atoms with E-state index in [0.717, 1.165) is 4.47 Å². The monoisotopic (exact) mass is 394 g/mol. The van der Waals surface area contributed by atoms with E-state index in [9.17, 15) is 8.42 Å². The number of hydrogen-bond donors (Lipinski definition) is 0. The molecular formula is C13H9BrCl2O3S. The zero-order valence-electron chi connectivity index (χ0n) is 10.2. The summed E-state index contributed by atoms with van der Waals surface area (Å²) in [5.74, 6) is 0.964. The molecule has 0 spiro atoms. The Hall–Kier alpha value is -0.750. The average Bonchev–Trinajstić information content (AvgIpc) is 2.31. The summed E-state index contributed by atoms with van der Waals surface area (Å²) in [7, 11) is 1.57. The lowest BCUT2D eigenvalue weighted by atomic mass is 10.2. The molecule has 106 valence electrons. The minimum atomic E-state index is -3.75. The Morgan fingerprint density at radius 2 is 1.85 bits per heavy atom. The molecule has 0 heterocycles. The van der Waals surface area contributed by atoms with Crippen molar-refractivity contribution in [2.45, 2.75) is 11.8 Å². The second-order valence-corrected chi connectivity index (χ2v) is 7.90. The molecule has 2 aromatic carbocycles. The molecule has 0 N–H and O–H groups in total. The second kappa shape index (κ2) is 5.93. The van der Waals surface area contributed by atoms with Gasteiger partial charge in [0.2, 0.25) is 0 Å². The predicted octanol–water partition coefficient (Wildman–Crippen LogP) is 5.13. The fourth-order valence-electron chi connectivity index (χ4n) is 1.64. The van der Waals surface area contributed by atoms with Crippen molar-refractivity contribution in [2.75, 3.05) is 0 Å². The molecule has 0 amide bonds. The highest BCUT2D eigenvalue weighted by Gasteiger charge is 2.14. The Labute approximate surface area is 135 Å². The maximum absolute atomic E-state index is 11.3. The van der Waals surface area contributed by atoms with Crippen LogP contribution in [0.3, 0.4) is 0 Å². The van der Waals surface area contributed by atoms with Crippen LogP contribution in [0.5, 0.6) is 11.5 Å². The molecule has 0 aliphatic rings. The van der Waals surface area contributed by atoms with Crippen LogP contribution in [0.4, 0.5) is 0 Å². The van der Waals surface area contributed by atoms with E-state index >= 15 is 0 Å². The van der Waals surface area contributed by atoms with Crippen LogP contribution >= 0.6 is 38.2 Å². The topological polar surface area (TPSA) is 43.4 Å². The summed E-state index contributed by atoms with van der Waals surface area (Å²) in [5.41, 5.74) is 0.505. The van der Waals surface area contributed by atoms with Gasteiger partial charge in [0.25, 0.3) is 9.05 Å². The lowest BCUT2D eigenvalue weighted by Gasteiger charge is -2.10. The number of hydrogen-bond acceptors (Lipinski definition) is 3. The summed E-state index contributed by atoms with van der Waals surface area (Å²) in [6.45, 7) is 1.64. The number of rotatable bonds is 3. The minimum absolute atomic E-state index is 0.0634. The Morgan fingerprint density at radius 1 is 1.15 bits per heavy atom. The fourth-order valence-corrected chi connectivity index (χ4v) is 3.55. The summed E-state index contributed by atoms with van der Waals surface area (Å²) in [6, 6.07) is 9.75. The van der Waals surface area contributed by atoms with Gasteiger partial charge in [-0.25, -0.2) is 8.42 Å². The van der Waals surface area contributed by atoms with Gasteiger partial charge < -0.3 is 4.74 Å². The summed E-state index contributed by atoms with van der Waals surface area (Å²) in [6.07, 6.45) is 0. The van der Waals surface area contributed by atoms with Gasteiger partial charge in [0.1, 0.15) is 11.5 Å². The van der Waals surface area contributed by atoms with E-state index in [1.54, 1.807) is 31.2 Å². The van der Waals surface area contributed by atoms with Gasteiger partial charge in [0, 0.05) is 15.2 Å². The largest absolute Gasteiger partial charge is 0.456 e. The van der Waals surface area contributed by atoms with E-state index in [1.165, 1.54) is 12.1 Å². The van der Waals surface area contributed by atoms with Gasteiger partial charge in [-0.1, -0.05) is 27.5 Å². The Bertz CT molecular complexity index is 760. The van der Waals surface area contributed by atoms with Crippen LogP contribution in [0.25, 0.3) is 0 Å². The van der Waals surface area contributed by atoms with Crippen LogP contribution in [0, 0.1) is 6.92 Å². The quantitative estimate of drug-likeness (QED) is 0.676. The first-order valence-electron chi connectivity index (χ1n) is 5.45. The standard InChI is InChI=1S/C13H9BrCl2O3S/c1-8-6-10(3-5-13(8)20(16,17)18)19-12-4-2-9(14)7-11(12)15/h2-7H,1H3. The highest BCUT2D eigenvalue weighted by Crippen LogP contribution is 2.33. The van der Waals surface area contributed by atoms with Crippen molar-refractivity contribution < 1.29 is 13.2 Å². The van der Waals surface area contributed by atoms with Gasteiger partial charge in [-0.2, -0.15) is 0 Å². The zero-order chi connectivity index (χ0) is 14.9. The SMILES string of the molecule is Cc1cc(Oc2ccc(Br)cc2Cl)ccc1S(=O)(=O)Cl. The third kappa shape index (κ3) is 3.67. The van der Waals surface area contributed by atoms with E-state index in [1.807, 2.05) is 0 Å². The Kier molecular flexibility index (Phi) is 4.64. The van der Waals surface area contributed by atoms with Crippen LogP contribution in [0.2, 0.25) is 5.02 Å². The molecule has 0 aliphatic carbocycles. The third-order valence-electron chi connectivity index (χ3n) is 2.53. The first-order chi connectivity index (χ1) is 9.27. The highest BCUT2D eigenvalue weighted by molar-refractivity contribution is 9.10. The molecule has 20 heavy (non-hydrogen) atoms. The number of aryl methyl sites for hydroxylation is 1. The number of halogens is 3. The van der Waals surface area contributed by atoms with Gasteiger partial charge in [0.15, 0.2) is 0 Å². The fraction of sp³-hybridized carbons (Fsp3) is 0.0769. The normalized spacial score (nSPS) is 11.4. The van der Waals surface area contributed by atoms with Crippen LogP contribution < -0.4 is 4.74 Å². The number of ether oxygens (including phenoxy) is 1. The van der Waals surface area contributed by atoms with Crippen LogP contribution in [-0.4, -0.2) is 8.42 Å². The van der Waals surface area contributed by atoms with Gasteiger partial charge in [-0.05, 0) is 48.9 Å². The molecule has 0 atom stereocenters. The van der Waals surface area contributed by atoms with Crippen LogP contribution in [-0.2, 0) is 9.05 Å². The molecule has 0 bridgehead atoms. The molecule has 0 radical (unpaired) electrons. The lowest BCUT2D eigenvalue weighted by Crippen LogP contribution is -1.95. The summed E-state index contributed by atoms with van der Waals surface area (Å²) in [5, 5.41) is 0.450. The van der Waals surface area contributed by atoms with E-state index in [0.29, 0.717) is 22.1 Å². The maximum atomic E-state index is 11.3. The molecule has 0 fully saturated rings. The summed E-state index contributed by atoms with van der Waals surface area (Å²) in [4.78, 5) is 0.0634. The smallest absolute Gasteiger partial charge is 0.261 e. The predicted molar refractivity (Wildman–Crippen MR) is 83.4 cm³/mol. The third-order valence-corrected chi connectivity index (χ3v) is 4.80.